The Bertz CT molecular complexity index is 301. The van der Waals surface area contributed by atoms with E-state index in [0.717, 1.165) is 12.3 Å². The van der Waals surface area contributed by atoms with Gasteiger partial charge in [0.05, 0.1) is 6.04 Å². The van der Waals surface area contributed by atoms with Gasteiger partial charge in [0.2, 0.25) is 5.91 Å². The van der Waals surface area contributed by atoms with Gasteiger partial charge in [0.1, 0.15) is 0 Å². The van der Waals surface area contributed by atoms with Gasteiger partial charge in [0, 0.05) is 11.6 Å². The summed E-state index contributed by atoms with van der Waals surface area (Å²) >= 11 is 0. The summed E-state index contributed by atoms with van der Waals surface area (Å²) in [7, 11) is 0. The lowest BCUT2D eigenvalue weighted by Crippen LogP contribution is -2.54. The first-order valence-electron chi connectivity index (χ1n) is 7.83. The van der Waals surface area contributed by atoms with Gasteiger partial charge in [-0.15, -0.1) is 0 Å². The van der Waals surface area contributed by atoms with E-state index in [4.69, 9.17) is 0 Å². The molecule has 2 N–H and O–H groups in total. The fraction of sp³-hybridized carbons (Fsp3) is 0.938. The Labute approximate surface area is 118 Å². The van der Waals surface area contributed by atoms with Crippen LogP contribution in [0.4, 0.5) is 0 Å². The van der Waals surface area contributed by atoms with Gasteiger partial charge in [-0.3, -0.25) is 4.79 Å². The first kappa shape index (κ1) is 16.5. The number of carbonyl (C=O) groups is 1. The van der Waals surface area contributed by atoms with Crippen LogP contribution in [-0.4, -0.2) is 23.5 Å². The standard InChI is InChI=1S/C16H32N2O/c1-7-16(5,6)18-15(19)13(4)17-14-9-8-11(2)10-12(14)3/h11-14,17H,7-10H2,1-6H3,(H,18,19). The molecule has 1 rings (SSSR count). The van der Waals surface area contributed by atoms with E-state index in [1.807, 2.05) is 6.92 Å². The Balaban J connectivity index is 2.46. The molecular formula is C16H32N2O. The molecule has 0 aromatic rings. The molecule has 0 saturated heterocycles. The van der Waals surface area contributed by atoms with Crippen LogP contribution in [0.25, 0.3) is 0 Å². The van der Waals surface area contributed by atoms with E-state index in [1.54, 1.807) is 0 Å². The number of hydrogen-bond acceptors (Lipinski definition) is 2. The summed E-state index contributed by atoms with van der Waals surface area (Å²) in [5.74, 6) is 1.62. The molecule has 0 aromatic heterocycles. The molecule has 1 amide bonds. The van der Waals surface area contributed by atoms with Crippen LogP contribution < -0.4 is 10.6 Å². The molecule has 0 radical (unpaired) electrons. The van der Waals surface area contributed by atoms with Gasteiger partial charge in [-0.1, -0.05) is 20.8 Å². The van der Waals surface area contributed by atoms with Crippen molar-refractivity contribution in [1.29, 1.82) is 0 Å². The van der Waals surface area contributed by atoms with E-state index in [-0.39, 0.29) is 17.5 Å². The Morgan fingerprint density at radius 1 is 1.32 bits per heavy atom. The maximum Gasteiger partial charge on any atom is 0.237 e. The number of carbonyl (C=O) groups excluding carboxylic acids is 1. The molecule has 4 unspecified atom stereocenters. The van der Waals surface area contributed by atoms with Crippen LogP contribution in [0.5, 0.6) is 0 Å². The second-order valence-electron chi connectivity index (χ2n) is 7.12. The van der Waals surface area contributed by atoms with Crippen molar-refractivity contribution in [2.45, 2.75) is 84.8 Å². The second-order valence-corrected chi connectivity index (χ2v) is 7.12. The van der Waals surface area contributed by atoms with Crippen LogP contribution in [0.15, 0.2) is 0 Å². The number of amides is 1. The van der Waals surface area contributed by atoms with Crippen molar-refractivity contribution in [2.75, 3.05) is 0 Å². The fourth-order valence-electron chi connectivity index (χ4n) is 2.84. The van der Waals surface area contributed by atoms with Crippen LogP contribution in [0, 0.1) is 11.8 Å². The van der Waals surface area contributed by atoms with Crippen molar-refractivity contribution in [3.8, 4) is 0 Å². The lowest BCUT2D eigenvalue weighted by atomic mass is 9.79. The molecule has 3 nitrogen and oxygen atoms in total. The van der Waals surface area contributed by atoms with Crippen molar-refractivity contribution < 1.29 is 4.79 Å². The van der Waals surface area contributed by atoms with E-state index in [9.17, 15) is 4.79 Å². The van der Waals surface area contributed by atoms with Crippen LogP contribution in [-0.2, 0) is 4.79 Å². The largest absolute Gasteiger partial charge is 0.350 e. The molecule has 1 aliphatic rings. The summed E-state index contributed by atoms with van der Waals surface area (Å²) in [6, 6.07) is 0.383. The third-order valence-electron chi connectivity index (χ3n) is 4.63. The fourth-order valence-corrected chi connectivity index (χ4v) is 2.84. The molecule has 0 aromatic carbocycles. The minimum atomic E-state index is -0.111. The van der Waals surface area contributed by atoms with Crippen molar-refractivity contribution >= 4 is 5.91 Å². The zero-order chi connectivity index (χ0) is 14.6. The summed E-state index contributed by atoms with van der Waals surface area (Å²) in [5.41, 5.74) is -0.111. The average molecular weight is 268 g/mol. The minimum absolute atomic E-state index is 0.105. The van der Waals surface area contributed by atoms with E-state index in [2.05, 4.69) is 45.3 Å². The van der Waals surface area contributed by atoms with Gasteiger partial charge in [0.15, 0.2) is 0 Å². The topological polar surface area (TPSA) is 41.1 Å². The number of hydrogen-bond donors (Lipinski definition) is 2. The molecule has 1 fully saturated rings. The van der Waals surface area contributed by atoms with Gasteiger partial charge in [-0.05, 0) is 58.3 Å². The Morgan fingerprint density at radius 3 is 2.47 bits per heavy atom. The molecule has 3 heteroatoms. The maximum atomic E-state index is 12.2. The Morgan fingerprint density at radius 2 is 1.95 bits per heavy atom. The summed E-state index contributed by atoms with van der Waals surface area (Å²) < 4.78 is 0. The van der Waals surface area contributed by atoms with Crippen molar-refractivity contribution in [1.82, 2.24) is 10.6 Å². The Hall–Kier alpha value is -0.570. The van der Waals surface area contributed by atoms with Gasteiger partial charge < -0.3 is 10.6 Å². The van der Waals surface area contributed by atoms with E-state index >= 15 is 0 Å². The van der Waals surface area contributed by atoms with Crippen LogP contribution in [0.3, 0.4) is 0 Å². The highest BCUT2D eigenvalue weighted by atomic mass is 16.2. The first-order chi connectivity index (χ1) is 8.75. The number of rotatable bonds is 5. The minimum Gasteiger partial charge on any atom is -0.350 e. The zero-order valence-corrected chi connectivity index (χ0v) is 13.5. The van der Waals surface area contributed by atoms with E-state index in [1.165, 1.54) is 19.3 Å². The SMILES string of the molecule is CCC(C)(C)NC(=O)C(C)NC1CCC(C)CC1C. The van der Waals surface area contributed by atoms with Crippen LogP contribution in [0.2, 0.25) is 0 Å². The zero-order valence-electron chi connectivity index (χ0n) is 13.5. The summed E-state index contributed by atoms with van der Waals surface area (Å²) in [4.78, 5) is 12.2. The second kappa shape index (κ2) is 6.74. The van der Waals surface area contributed by atoms with Gasteiger partial charge in [0.25, 0.3) is 0 Å². The first-order valence-corrected chi connectivity index (χ1v) is 7.83. The molecular weight excluding hydrogens is 236 g/mol. The average Bonchev–Trinajstić information content (AvgIpc) is 2.32. The highest BCUT2D eigenvalue weighted by Gasteiger charge is 2.29. The Kier molecular flexibility index (Phi) is 5.84. The molecule has 0 aliphatic heterocycles. The molecule has 1 aliphatic carbocycles. The molecule has 0 spiro atoms. The van der Waals surface area contributed by atoms with Crippen molar-refractivity contribution in [3.63, 3.8) is 0 Å². The third kappa shape index (κ3) is 5.13. The summed E-state index contributed by atoms with van der Waals surface area (Å²) in [6.45, 7) is 12.8. The molecule has 0 heterocycles. The van der Waals surface area contributed by atoms with Crippen LogP contribution >= 0.6 is 0 Å². The third-order valence-corrected chi connectivity index (χ3v) is 4.63. The monoisotopic (exact) mass is 268 g/mol. The quantitative estimate of drug-likeness (QED) is 0.804. The highest BCUT2D eigenvalue weighted by molar-refractivity contribution is 5.82. The molecule has 112 valence electrons. The normalized spacial score (nSPS) is 29.9. The number of nitrogens with one attached hydrogen (secondary N) is 2. The molecule has 4 atom stereocenters. The van der Waals surface area contributed by atoms with Crippen LogP contribution in [0.1, 0.15) is 67.2 Å². The van der Waals surface area contributed by atoms with Gasteiger partial charge >= 0.3 is 0 Å². The van der Waals surface area contributed by atoms with Gasteiger partial charge in [-0.2, -0.15) is 0 Å². The van der Waals surface area contributed by atoms with Gasteiger partial charge in [-0.25, -0.2) is 0 Å². The lowest BCUT2D eigenvalue weighted by Gasteiger charge is -2.35. The summed E-state index contributed by atoms with van der Waals surface area (Å²) in [6.07, 6.45) is 4.68. The van der Waals surface area contributed by atoms with Crippen molar-refractivity contribution in [3.05, 3.63) is 0 Å². The van der Waals surface area contributed by atoms with Crippen molar-refractivity contribution in [2.24, 2.45) is 11.8 Å². The molecule has 19 heavy (non-hydrogen) atoms. The lowest BCUT2D eigenvalue weighted by molar-refractivity contribution is -0.124. The summed E-state index contributed by atoms with van der Waals surface area (Å²) in [5, 5.41) is 6.64. The smallest absolute Gasteiger partial charge is 0.237 e. The predicted molar refractivity (Wildman–Crippen MR) is 81.1 cm³/mol. The molecule has 1 saturated carbocycles. The highest BCUT2D eigenvalue weighted by Crippen LogP contribution is 2.28. The molecule has 0 bridgehead atoms. The predicted octanol–water partition coefficient (Wildman–Crippen LogP) is 3.09. The maximum absolute atomic E-state index is 12.2. The van der Waals surface area contributed by atoms with E-state index < -0.39 is 0 Å². The van der Waals surface area contributed by atoms with E-state index in [0.29, 0.717) is 12.0 Å².